The predicted molar refractivity (Wildman–Crippen MR) is 68.1 cm³/mol. The van der Waals surface area contributed by atoms with Crippen LogP contribution in [0.5, 0.6) is 0 Å². The van der Waals surface area contributed by atoms with Crippen molar-refractivity contribution in [1.82, 2.24) is 15.0 Å². The number of Topliss-reactive ketones (excluding diaryl/α,β-unsaturated/α-hetero) is 1. The normalized spacial score (nSPS) is 10.6. The Morgan fingerprint density at radius 2 is 2.06 bits per heavy atom. The van der Waals surface area contributed by atoms with Crippen LogP contribution >= 0.6 is 11.6 Å². The summed E-state index contributed by atoms with van der Waals surface area (Å²) in [5.74, 6) is 0.0609. The van der Waals surface area contributed by atoms with E-state index in [1.807, 2.05) is 12.1 Å². The number of ketones is 1. The van der Waals surface area contributed by atoms with E-state index in [1.165, 1.54) is 4.68 Å². The number of aromatic nitrogens is 3. The highest BCUT2D eigenvalue weighted by atomic mass is 35.5. The van der Waals surface area contributed by atoms with Crippen LogP contribution < -0.4 is 5.73 Å². The summed E-state index contributed by atoms with van der Waals surface area (Å²) in [5.41, 5.74) is 7.03. The second-order valence-electron chi connectivity index (χ2n) is 3.95. The van der Waals surface area contributed by atoms with Gasteiger partial charge in [-0.05, 0) is 17.7 Å². The zero-order valence-electron chi connectivity index (χ0n) is 9.71. The third kappa shape index (κ3) is 3.38. The Labute approximate surface area is 110 Å². The van der Waals surface area contributed by atoms with E-state index < -0.39 is 0 Å². The van der Waals surface area contributed by atoms with E-state index in [4.69, 9.17) is 17.3 Å². The zero-order chi connectivity index (χ0) is 13.0. The number of carbonyl (C=O) groups is 1. The molecule has 0 atom stereocenters. The molecule has 0 saturated heterocycles. The summed E-state index contributed by atoms with van der Waals surface area (Å²) in [5, 5.41) is 8.31. The van der Waals surface area contributed by atoms with Gasteiger partial charge in [-0.1, -0.05) is 28.9 Å². The van der Waals surface area contributed by atoms with E-state index in [0.29, 0.717) is 23.7 Å². The van der Waals surface area contributed by atoms with Gasteiger partial charge in [0.2, 0.25) is 0 Å². The van der Waals surface area contributed by atoms with Crippen LogP contribution in [-0.2, 0) is 24.3 Å². The minimum Gasteiger partial charge on any atom is -0.325 e. The summed E-state index contributed by atoms with van der Waals surface area (Å²) in [6, 6.07) is 7.22. The monoisotopic (exact) mass is 264 g/mol. The average molecular weight is 265 g/mol. The molecule has 0 amide bonds. The van der Waals surface area contributed by atoms with E-state index >= 15 is 0 Å². The van der Waals surface area contributed by atoms with Crippen LogP contribution in [0.15, 0.2) is 30.5 Å². The molecule has 2 rings (SSSR count). The largest absolute Gasteiger partial charge is 0.325 e. The molecule has 94 valence electrons. The number of hydrogen-bond donors (Lipinski definition) is 1. The second kappa shape index (κ2) is 5.75. The third-order valence-electron chi connectivity index (χ3n) is 2.45. The number of hydrogen-bond acceptors (Lipinski definition) is 4. The maximum Gasteiger partial charge on any atom is 0.158 e. The van der Waals surface area contributed by atoms with Crippen LogP contribution in [0.4, 0.5) is 0 Å². The average Bonchev–Trinajstić information content (AvgIpc) is 2.79. The maximum atomic E-state index is 11.8. The Balaban J connectivity index is 1.94. The summed E-state index contributed by atoms with van der Waals surface area (Å²) in [4.78, 5) is 11.8. The number of halogens is 1. The van der Waals surface area contributed by atoms with E-state index in [0.717, 1.165) is 5.56 Å². The summed E-state index contributed by atoms with van der Waals surface area (Å²) < 4.78 is 1.50. The first-order chi connectivity index (χ1) is 8.67. The van der Waals surface area contributed by atoms with Gasteiger partial charge in [-0.2, -0.15) is 0 Å². The van der Waals surface area contributed by atoms with E-state index in [9.17, 15) is 4.79 Å². The molecule has 0 fully saturated rings. The molecule has 0 bridgehead atoms. The number of nitrogens with zero attached hydrogens (tertiary/aromatic N) is 3. The molecule has 1 aromatic heterocycles. The van der Waals surface area contributed by atoms with Crippen molar-refractivity contribution in [1.29, 1.82) is 0 Å². The molecule has 0 aliphatic carbocycles. The van der Waals surface area contributed by atoms with E-state index in [-0.39, 0.29) is 12.3 Å². The smallest absolute Gasteiger partial charge is 0.158 e. The van der Waals surface area contributed by atoms with Gasteiger partial charge in [-0.25, -0.2) is 4.68 Å². The standard InChI is InChI=1S/C12H13ClN4O/c13-10-3-1-9(2-4-10)5-12(18)8-17-7-11(6-14)15-16-17/h1-4,7H,5-6,8,14H2. The molecule has 0 saturated carbocycles. The second-order valence-corrected chi connectivity index (χ2v) is 4.39. The molecule has 0 aliphatic heterocycles. The molecule has 2 N–H and O–H groups in total. The summed E-state index contributed by atoms with van der Waals surface area (Å²) >= 11 is 5.78. The lowest BCUT2D eigenvalue weighted by Crippen LogP contribution is -2.13. The van der Waals surface area contributed by atoms with Gasteiger partial charge in [0.1, 0.15) is 6.54 Å². The molecule has 0 radical (unpaired) electrons. The van der Waals surface area contributed by atoms with Crippen molar-refractivity contribution in [2.24, 2.45) is 5.73 Å². The highest BCUT2D eigenvalue weighted by molar-refractivity contribution is 6.30. The fourth-order valence-electron chi connectivity index (χ4n) is 1.58. The van der Waals surface area contributed by atoms with Crippen molar-refractivity contribution >= 4 is 17.4 Å². The van der Waals surface area contributed by atoms with Crippen molar-refractivity contribution in [3.05, 3.63) is 46.7 Å². The van der Waals surface area contributed by atoms with Gasteiger partial charge in [0.15, 0.2) is 5.78 Å². The third-order valence-corrected chi connectivity index (χ3v) is 2.70. The van der Waals surface area contributed by atoms with Gasteiger partial charge in [0.05, 0.1) is 11.9 Å². The summed E-state index contributed by atoms with van der Waals surface area (Å²) in [6.45, 7) is 0.529. The van der Waals surface area contributed by atoms with E-state index in [1.54, 1.807) is 18.3 Å². The molecular formula is C12H13ClN4O. The lowest BCUT2D eigenvalue weighted by molar-refractivity contribution is -0.119. The Morgan fingerprint density at radius 1 is 1.33 bits per heavy atom. The summed E-state index contributed by atoms with van der Waals surface area (Å²) in [6.07, 6.45) is 2.04. The lowest BCUT2D eigenvalue weighted by Gasteiger charge is -2.01. The van der Waals surface area contributed by atoms with Crippen LogP contribution in [-0.4, -0.2) is 20.8 Å². The van der Waals surface area contributed by atoms with Crippen LogP contribution in [0, 0.1) is 0 Å². The van der Waals surface area contributed by atoms with Crippen molar-refractivity contribution in [3.63, 3.8) is 0 Å². The van der Waals surface area contributed by atoms with Gasteiger partial charge in [0, 0.05) is 18.0 Å². The van der Waals surface area contributed by atoms with Gasteiger partial charge >= 0.3 is 0 Å². The Bertz CT molecular complexity index is 535. The molecule has 1 aromatic carbocycles. The summed E-state index contributed by atoms with van der Waals surface area (Å²) in [7, 11) is 0. The first-order valence-corrected chi connectivity index (χ1v) is 5.90. The quantitative estimate of drug-likeness (QED) is 0.881. The van der Waals surface area contributed by atoms with Crippen LogP contribution in [0.2, 0.25) is 5.02 Å². The molecule has 1 heterocycles. The molecule has 2 aromatic rings. The van der Waals surface area contributed by atoms with Crippen molar-refractivity contribution in [2.45, 2.75) is 19.5 Å². The van der Waals surface area contributed by atoms with Crippen LogP contribution in [0.1, 0.15) is 11.3 Å². The molecule has 0 unspecified atom stereocenters. The van der Waals surface area contributed by atoms with Crippen molar-refractivity contribution in [3.8, 4) is 0 Å². The van der Waals surface area contributed by atoms with Gasteiger partial charge < -0.3 is 5.73 Å². The first kappa shape index (κ1) is 12.7. The number of carbonyl (C=O) groups excluding carboxylic acids is 1. The number of rotatable bonds is 5. The molecular weight excluding hydrogens is 252 g/mol. The highest BCUT2D eigenvalue weighted by Crippen LogP contribution is 2.10. The predicted octanol–water partition coefficient (Wildman–Crippen LogP) is 1.20. The first-order valence-electron chi connectivity index (χ1n) is 5.52. The minimum atomic E-state index is 0.0609. The topological polar surface area (TPSA) is 73.8 Å². The SMILES string of the molecule is NCc1cn(CC(=O)Cc2ccc(Cl)cc2)nn1. The molecule has 6 heteroatoms. The minimum absolute atomic E-state index is 0.0609. The zero-order valence-corrected chi connectivity index (χ0v) is 10.5. The highest BCUT2D eigenvalue weighted by Gasteiger charge is 2.07. The number of benzene rings is 1. The molecule has 0 aliphatic rings. The van der Waals surface area contributed by atoms with Crippen LogP contribution in [0.25, 0.3) is 0 Å². The molecule has 5 nitrogen and oxygen atoms in total. The van der Waals surface area contributed by atoms with Crippen molar-refractivity contribution < 1.29 is 4.79 Å². The molecule has 0 spiro atoms. The Kier molecular flexibility index (Phi) is 4.07. The van der Waals surface area contributed by atoms with E-state index in [2.05, 4.69) is 10.3 Å². The maximum absolute atomic E-state index is 11.8. The van der Waals surface area contributed by atoms with Gasteiger partial charge in [-0.15, -0.1) is 5.10 Å². The Hall–Kier alpha value is -1.72. The van der Waals surface area contributed by atoms with Crippen molar-refractivity contribution in [2.75, 3.05) is 0 Å². The lowest BCUT2D eigenvalue weighted by atomic mass is 10.1. The fraction of sp³-hybridized carbons (Fsp3) is 0.250. The van der Waals surface area contributed by atoms with Gasteiger partial charge in [0.25, 0.3) is 0 Å². The van der Waals surface area contributed by atoms with Gasteiger partial charge in [-0.3, -0.25) is 4.79 Å². The number of nitrogens with two attached hydrogens (primary N) is 1. The van der Waals surface area contributed by atoms with Crippen LogP contribution in [0.3, 0.4) is 0 Å². The fourth-order valence-corrected chi connectivity index (χ4v) is 1.70. The molecule has 18 heavy (non-hydrogen) atoms. The Morgan fingerprint density at radius 3 is 2.67 bits per heavy atom.